The average Bonchev–Trinajstić information content (AvgIpc) is 3.37. The summed E-state index contributed by atoms with van der Waals surface area (Å²) < 4.78 is 0. The number of hydrogen-bond donors (Lipinski definition) is 3. The van der Waals surface area contributed by atoms with Crippen molar-refractivity contribution >= 4 is 11.7 Å². The number of urea groups is 1. The van der Waals surface area contributed by atoms with Crippen LogP contribution in [0.25, 0.3) is 0 Å². The predicted molar refractivity (Wildman–Crippen MR) is 86.9 cm³/mol. The van der Waals surface area contributed by atoms with Crippen LogP contribution in [-0.4, -0.2) is 36.9 Å². The minimum Gasteiger partial charge on any atom is -0.396 e. The number of amides is 2. The molecular formula is C17H25N3O2. The number of hydrogen-bond acceptors (Lipinski definition) is 3. The molecule has 3 rings (SSSR count). The first-order chi connectivity index (χ1) is 10.7. The number of benzene rings is 1. The zero-order valence-corrected chi connectivity index (χ0v) is 12.9. The summed E-state index contributed by atoms with van der Waals surface area (Å²) in [7, 11) is 0. The number of piperidine rings is 1. The molecule has 0 unspecified atom stereocenters. The molecule has 1 saturated heterocycles. The second-order valence-electron chi connectivity index (χ2n) is 6.38. The zero-order valence-electron chi connectivity index (χ0n) is 12.9. The molecule has 0 radical (unpaired) electrons. The lowest BCUT2D eigenvalue weighted by molar-refractivity contribution is 0.203. The number of nitrogens with one attached hydrogen (secondary N) is 2. The van der Waals surface area contributed by atoms with E-state index in [0.717, 1.165) is 44.3 Å². The van der Waals surface area contributed by atoms with Crippen LogP contribution in [0.5, 0.6) is 0 Å². The summed E-state index contributed by atoms with van der Waals surface area (Å²) in [6.07, 6.45) is 4.33. The van der Waals surface area contributed by atoms with E-state index < -0.39 is 0 Å². The first-order valence-corrected chi connectivity index (χ1v) is 8.23. The molecule has 5 nitrogen and oxygen atoms in total. The van der Waals surface area contributed by atoms with Gasteiger partial charge in [0.05, 0.1) is 0 Å². The summed E-state index contributed by atoms with van der Waals surface area (Å²) in [5.41, 5.74) is 2.34. The minimum absolute atomic E-state index is 0.0716. The van der Waals surface area contributed by atoms with Gasteiger partial charge in [0, 0.05) is 38.0 Å². The van der Waals surface area contributed by atoms with Crippen LogP contribution in [0.1, 0.15) is 31.2 Å². The van der Waals surface area contributed by atoms with Crippen LogP contribution in [0.2, 0.25) is 0 Å². The lowest BCUT2D eigenvalue weighted by Gasteiger charge is -2.33. The first-order valence-electron chi connectivity index (χ1n) is 8.23. The van der Waals surface area contributed by atoms with Gasteiger partial charge in [-0.3, -0.25) is 0 Å². The van der Waals surface area contributed by atoms with E-state index in [0.29, 0.717) is 25.1 Å². The number of aliphatic hydroxyl groups is 1. The molecule has 2 fully saturated rings. The molecule has 0 bridgehead atoms. The SMILES string of the molecule is O=C(NCc1ccc(N2CCC(CO)CC2)cc1)NC1CC1. The Morgan fingerprint density at radius 2 is 1.82 bits per heavy atom. The molecule has 1 aliphatic heterocycles. The second-order valence-corrected chi connectivity index (χ2v) is 6.38. The highest BCUT2D eigenvalue weighted by atomic mass is 16.3. The molecule has 0 spiro atoms. The van der Waals surface area contributed by atoms with Crippen molar-refractivity contribution in [3.8, 4) is 0 Å². The highest BCUT2D eigenvalue weighted by Gasteiger charge is 2.23. The van der Waals surface area contributed by atoms with E-state index in [1.807, 2.05) is 0 Å². The van der Waals surface area contributed by atoms with Gasteiger partial charge in [-0.25, -0.2) is 4.79 Å². The summed E-state index contributed by atoms with van der Waals surface area (Å²) >= 11 is 0. The fraction of sp³-hybridized carbons (Fsp3) is 0.588. The summed E-state index contributed by atoms with van der Waals surface area (Å²) in [5.74, 6) is 0.463. The van der Waals surface area contributed by atoms with Crippen molar-refractivity contribution in [3.05, 3.63) is 29.8 Å². The van der Waals surface area contributed by atoms with Gasteiger partial charge in [0.25, 0.3) is 0 Å². The Balaban J connectivity index is 1.46. The number of nitrogens with zero attached hydrogens (tertiary/aromatic N) is 1. The topological polar surface area (TPSA) is 64.6 Å². The molecule has 0 aromatic heterocycles. The fourth-order valence-electron chi connectivity index (χ4n) is 2.84. The Bertz CT molecular complexity index is 491. The fourth-order valence-corrected chi connectivity index (χ4v) is 2.84. The molecule has 5 heteroatoms. The highest BCUT2D eigenvalue weighted by Crippen LogP contribution is 2.23. The molecule has 1 saturated carbocycles. The van der Waals surface area contributed by atoms with Crippen LogP contribution in [0, 0.1) is 5.92 Å². The first kappa shape index (κ1) is 15.2. The quantitative estimate of drug-likeness (QED) is 0.778. The van der Waals surface area contributed by atoms with Gasteiger partial charge in [0.1, 0.15) is 0 Å². The van der Waals surface area contributed by atoms with Gasteiger partial charge in [-0.2, -0.15) is 0 Å². The van der Waals surface area contributed by atoms with Crippen molar-refractivity contribution in [1.29, 1.82) is 0 Å². The largest absolute Gasteiger partial charge is 0.396 e. The summed E-state index contributed by atoms with van der Waals surface area (Å²) in [6, 6.07) is 8.71. The summed E-state index contributed by atoms with van der Waals surface area (Å²) in [6.45, 7) is 2.88. The Morgan fingerprint density at radius 1 is 1.14 bits per heavy atom. The molecule has 1 aromatic rings. The van der Waals surface area contributed by atoms with Gasteiger partial charge in [0.15, 0.2) is 0 Å². The third-order valence-corrected chi connectivity index (χ3v) is 4.54. The number of rotatable bonds is 5. The molecule has 22 heavy (non-hydrogen) atoms. The highest BCUT2D eigenvalue weighted by molar-refractivity contribution is 5.74. The Labute approximate surface area is 131 Å². The molecule has 3 N–H and O–H groups in total. The maximum Gasteiger partial charge on any atom is 0.315 e. The van der Waals surface area contributed by atoms with Crippen LogP contribution in [0.15, 0.2) is 24.3 Å². The summed E-state index contributed by atoms with van der Waals surface area (Å²) in [4.78, 5) is 14.0. The van der Waals surface area contributed by atoms with Crippen LogP contribution in [0.4, 0.5) is 10.5 Å². The van der Waals surface area contributed by atoms with Crippen molar-refractivity contribution in [2.24, 2.45) is 5.92 Å². The molecular weight excluding hydrogens is 278 g/mol. The van der Waals surface area contributed by atoms with Crippen LogP contribution < -0.4 is 15.5 Å². The Hall–Kier alpha value is -1.75. The molecule has 1 aliphatic carbocycles. The lowest BCUT2D eigenvalue weighted by atomic mass is 9.97. The van der Waals surface area contributed by atoms with E-state index in [1.54, 1.807) is 0 Å². The van der Waals surface area contributed by atoms with Gasteiger partial charge in [-0.05, 0) is 49.3 Å². The van der Waals surface area contributed by atoms with Gasteiger partial charge >= 0.3 is 6.03 Å². The average molecular weight is 303 g/mol. The van der Waals surface area contributed by atoms with E-state index >= 15 is 0 Å². The molecule has 120 valence electrons. The van der Waals surface area contributed by atoms with Crippen LogP contribution in [-0.2, 0) is 6.54 Å². The zero-order chi connectivity index (χ0) is 15.4. The van der Waals surface area contributed by atoms with E-state index in [-0.39, 0.29) is 6.03 Å². The van der Waals surface area contributed by atoms with Gasteiger partial charge in [-0.15, -0.1) is 0 Å². The Morgan fingerprint density at radius 3 is 2.41 bits per heavy atom. The van der Waals surface area contributed by atoms with Crippen molar-refractivity contribution in [2.45, 2.75) is 38.3 Å². The number of carbonyl (C=O) groups is 1. The van der Waals surface area contributed by atoms with Crippen molar-refractivity contribution in [3.63, 3.8) is 0 Å². The Kier molecular flexibility index (Phi) is 4.83. The van der Waals surface area contributed by atoms with Crippen molar-refractivity contribution in [2.75, 3.05) is 24.6 Å². The van der Waals surface area contributed by atoms with Gasteiger partial charge in [-0.1, -0.05) is 12.1 Å². The molecule has 1 aromatic carbocycles. The van der Waals surface area contributed by atoms with E-state index in [4.69, 9.17) is 0 Å². The summed E-state index contributed by atoms with van der Waals surface area (Å²) in [5, 5.41) is 15.0. The van der Waals surface area contributed by atoms with Gasteiger partial charge < -0.3 is 20.6 Å². The van der Waals surface area contributed by atoms with Gasteiger partial charge in [0.2, 0.25) is 0 Å². The smallest absolute Gasteiger partial charge is 0.315 e. The number of carbonyl (C=O) groups excluding carboxylic acids is 1. The lowest BCUT2D eigenvalue weighted by Crippen LogP contribution is -2.36. The number of anilines is 1. The second kappa shape index (κ2) is 7.01. The van der Waals surface area contributed by atoms with Crippen LogP contribution >= 0.6 is 0 Å². The monoisotopic (exact) mass is 303 g/mol. The van der Waals surface area contributed by atoms with Crippen molar-refractivity contribution in [1.82, 2.24) is 10.6 Å². The number of aliphatic hydroxyl groups excluding tert-OH is 1. The minimum atomic E-state index is -0.0716. The predicted octanol–water partition coefficient (Wildman–Crippen LogP) is 1.86. The third kappa shape index (κ3) is 4.13. The van der Waals surface area contributed by atoms with E-state index in [1.165, 1.54) is 5.69 Å². The molecule has 2 amide bonds. The molecule has 0 atom stereocenters. The van der Waals surface area contributed by atoms with E-state index in [9.17, 15) is 9.90 Å². The van der Waals surface area contributed by atoms with Crippen LogP contribution in [0.3, 0.4) is 0 Å². The van der Waals surface area contributed by atoms with E-state index in [2.05, 4.69) is 39.8 Å². The normalized spacial score (nSPS) is 19.0. The maximum absolute atomic E-state index is 11.6. The third-order valence-electron chi connectivity index (χ3n) is 4.54. The molecule has 1 heterocycles. The maximum atomic E-state index is 11.6. The standard InChI is InChI=1S/C17H25N3O2/c21-12-14-7-9-20(10-8-14)16-5-1-13(2-6-16)11-18-17(22)19-15-3-4-15/h1-2,5-6,14-15,21H,3-4,7-12H2,(H2,18,19,22). The van der Waals surface area contributed by atoms with Crippen molar-refractivity contribution < 1.29 is 9.90 Å². The molecule has 2 aliphatic rings.